The molecule has 1 aromatic carbocycles. The summed E-state index contributed by atoms with van der Waals surface area (Å²) in [6.45, 7) is 1.96. The van der Waals surface area contributed by atoms with Gasteiger partial charge in [-0.15, -0.1) is 0 Å². The van der Waals surface area contributed by atoms with Gasteiger partial charge in [0.15, 0.2) is 0 Å². The van der Waals surface area contributed by atoms with E-state index in [9.17, 15) is 10.1 Å². The van der Waals surface area contributed by atoms with Gasteiger partial charge in [-0.1, -0.05) is 19.1 Å². The van der Waals surface area contributed by atoms with Crippen molar-refractivity contribution in [1.29, 1.82) is 0 Å². The number of ether oxygens (including phenoxy) is 1. The Hall–Kier alpha value is -1.84. The van der Waals surface area contributed by atoms with E-state index in [0.29, 0.717) is 0 Å². The third-order valence-corrected chi connectivity index (χ3v) is 1.59. The summed E-state index contributed by atoms with van der Waals surface area (Å²) in [7, 11) is 0. The van der Waals surface area contributed by atoms with Crippen LogP contribution in [-0.4, -0.2) is 4.92 Å². The zero-order valence-corrected chi connectivity index (χ0v) is 7.84. The van der Waals surface area contributed by atoms with Crippen LogP contribution in [0.5, 0.6) is 5.75 Å². The predicted molar refractivity (Wildman–Crippen MR) is 53.2 cm³/mol. The molecule has 0 atom stereocenters. The van der Waals surface area contributed by atoms with Crippen molar-refractivity contribution in [3.8, 4) is 5.75 Å². The number of benzene rings is 1. The zero-order chi connectivity index (χ0) is 10.4. The van der Waals surface area contributed by atoms with E-state index in [0.717, 1.165) is 6.42 Å². The molecule has 1 aromatic rings. The highest BCUT2D eigenvalue weighted by molar-refractivity contribution is 5.46. The topological polar surface area (TPSA) is 52.4 Å². The molecule has 0 aliphatic rings. The third-order valence-electron chi connectivity index (χ3n) is 1.59. The average molecular weight is 193 g/mol. The Bertz CT molecular complexity index is 347. The largest absolute Gasteiger partial charge is 0.458 e. The molecule has 14 heavy (non-hydrogen) atoms. The fourth-order valence-electron chi connectivity index (χ4n) is 0.925. The van der Waals surface area contributed by atoms with Gasteiger partial charge in [-0.2, -0.15) is 0 Å². The first-order valence-corrected chi connectivity index (χ1v) is 4.30. The van der Waals surface area contributed by atoms with Crippen LogP contribution in [0.25, 0.3) is 0 Å². The van der Waals surface area contributed by atoms with Gasteiger partial charge < -0.3 is 4.74 Å². The Morgan fingerprint density at radius 3 is 2.86 bits per heavy atom. The minimum atomic E-state index is -0.463. The lowest BCUT2D eigenvalue weighted by Crippen LogP contribution is -1.92. The standard InChI is InChI=1S/C10H11NO3/c1-2-3-8-14-10-7-5-4-6-9(10)11(12)13/h3-8H,2H2,1H3. The van der Waals surface area contributed by atoms with Crippen molar-refractivity contribution in [2.75, 3.05) is 0 Å². The predicted octanol–water partition coefficient (Wildman–Crippen LogP) is 2.90. The molecule has 1 rings (SSSR count). The fraction of sp³-hybridized carbons (Fsp3) is 0.200. The van der Waals surface area contributed by atoms with Gasteiger partial charge >= 0.3 is 5.69 Å². The lowest BCUT2D eigenvalue weighted by atomic mass is 10.3. The van der Waals surface area contributed by atoms with E-state index in [1.165, 1.54) is 12.3 Å². The summed E-state index contributed by atoms with van der Waals surface area (Å²) < 4.78 is 5.12. The number of rotatable bonds is 4. The highest BCUT2D eigenvalue weighted by atomic mass is 16.6. The second-order valence-corrected chi connectivity index (χ2v) is 2.62. The summed E-state index contributed by atoms with van der Waals surface area (Å²) >= 11 is 0. The van der Waals surface area contributed by atoms with Crippen LogP contribution < -0.4 is 4.74 Å². The number of hydrogen-bond acceptors (Lipinski definition) is 3. The normalized spacial score (nSPS) is 10.4. The van der Waals surface area contributed by atoms with Crippen LogP contribution in [0.4, 0.5) is 5.69 Å². The maximum absolute atomic E-state index is 10.6. The molecule has 0 aliphatic carbocycles. The van der Waals surface area contributed by atoms with Crippen LogP contribution in [0.1, 0.15) is 13.3 Å². The third kappa shape index (κ3) is 2.58. The van der Waals surface area contributed by atoms with Crippen molar-refractivity contribution in [3.05, 3.63) is 46.7 Å². The van der Waals surface area contributed by atoms with Crippen molar-refractivity contribution in [3.63, 3.8) is 0 Å². The van der Waals surface area contributed by atoms with Crippen LogP contribution in [0, 0.1) is 10.1 Å². The van der Waals surface area contributed by atoms with E-state index in [1.54, 1.807) is 24.3 Å². The van der Waals surface area contributed by atoms with Gasteiger partial charge in [0, 0.05) is 6.07 Å². The molecule has 0 N–H and O–H groups in total. The lowest BCUT2D eigenvalue weighted by molar-refractivity contribution is -0.385. The van der Waals surface area contributed by atoms with Gasteiger partial charge in [-0.05, 0) is 18.6 Å². The molecule has 74 valence electrons. The Morgan fingerprint density at radius 2 is 2.21 bits per heavy atom. The molecule has 0 spiro atoms. The van der Waals surface area contributed by atoms with E-state index in [1.807, 2.05) is 6.92 Å². The number of hydrogen-bond donors (Lipinski definition) is 0. The van der Waals surface area contributed by atoms with Crippen molar-refractivity contribution >= 4 is 5.69 Å². The number of nitro groups is 1. The Morgan fingerprint density at radius 1 is 1.50 bits per heavy atom. The summed E-state index contributed by atoms with van der Waals surface area (Å²) in [6, 6.07) is 6.28. The molecular weight excluding hydrogens is 182 g/mol. The molecule has 0 heterocycles. The zero-order valence-electron chi connectivity index (χ0n) is 7.84. The van der Waals surface area contributed by atoms with E-state index in [-0.39, 0.29) is 11.4 Å². The first-order valence-electron chi connectivity index (χ1n) is 4.30. The highest BCUT2D eigenvalue weighted by Gasteiger charge is 2.12. The van der Waals surface area contributed by atoms with Crippen LogP contribution in [-0.2, 0) is 0 Å². The highest BCUT2D eigenvalue weighted by Crippen LogP contribution is 2.25. The number of nitrogens with zero attached hydrogens (tertiary/aromatic N) is 1. The maximum Gasteiger partial charge on any atom is 0.311 e. The molecule has 0 saturated carbocycles. The monoisotopic (exact) mass is 193 g/mol. The van der Waals surface area contributed by atoms with Crippen molar-refractivity contribution in [2.24, 2.45) is 0 Å². The molecule has 0 radical (unpaired) electrons. The SMILES string of the molecule is CCC=COc1ccccc1[N+](=O)[O-]. The van der Waals surface area contributed by atoms with Gasteiger partial charge in [0.25, 0.3) is 0 Å². The quantitative estimate of drug-likeness (QED) is 0.419. The molecule has 0 aromatic heterocycles. The summed E-state index contributed by atoms with van der Waals surface area (Å²) in [4.78, 5) is 10.1. The van der Waals surface area contributed by atoms with Crippen molar-refractivity contribution in [1.82, 2.24) is 0 Å². The molecule has 0 saturated heterocycles. The van der Waals surface area contributed by atoms with Gasteiger partial charge in [-0.3, -0.25) is 10.1 Å². The van der Waals surface area contributed by atoms with Crippen molar-refractivity contribution in [2.45, 2.75) is 13.3 Å². The van der Waals surface area contributed by atoms with E-state index in [2.05, 4.69) is 0 Å². The molecule has 0 amide bonds. The second-order valence-electron chi connectivity index (χ2n) is 2.62. The summed E-state index contributed by atoms with van der Waals surface area (Å²) in [5.74, 6) is 0.266. The van der Waals surface area contributed by atoms with Gasteiger partial charge in [0.05, 0.1) is 11.2 Å². The summed E-state index contributed by atoms with van der Waals surface area (Å²) in [5.41, 5.74) is -0.0201. The molecule has 4 heteroatoms. The second kappa shape index (κ2) is 5.01. The van der Waals surface area contributed by atoms with Gasteiger partial charge in [-0.25, -0.2) is 0 Å². The lowest BCUT2D eigenvalue weighted by Gasteiger charge is -1.99. The Labute approximate surface area is 82.0 Å². The number of allylic oxidation sites excluding steroid dienone is 1. The number of para-hydroxylation sites is 2. The molecule has 0 unspecified atom stereocenters. The minimum Gasteiger partial charge on any atom is -0.458 e. The molecule has 0 bridgehead atoms. The van der Waals surface area contributed by atoms with E-state index in [4.69, 9.17) is 4.74 Å². The maximum atomic E-state index is 10.6. The van der Waals surface area contributed by atoms with E-state index >= 15 is 0 Å². The summed E-state index contributed by atoms with van der Waals surface area (Å²) in [6.07, 6.45) is 4.08. The van der Waals surface area contributed by atoms with Crippen LogP contribution in [0.2, 0.25) is 0 Å². The van der Waals surface area contributed by atoms with Crippen LogP contribution in [0.3, 0.4) is 0 Å². The van der Waals surface area contributed by atoms with Crippen molar-refractivity contribution < 1.29 is 9.66 Å². The summed E-state index contributed by atoms with van der Waals surface area (Å²) in [5, 5.41) is 10.6. The molecule has 4 nitrogen and oxygen atoms in total. The number of nitro benzene ring substituents is 1. The Kier molecular flexibility index (Phi) is 3.67. The fourth-order valence-corrected chi connectivity index (χ4v) is 0.925. The van der Waals surface area contributed by atoms with Gasteiger partial charge in [0.1, 0.15) is 0 Å². The molecule has 0 aliphatic heterocycles. The first-order chi connectivity index (χ1) is 6.75. The Balaban J connectivity index is 2.84. The van der Waals surface area contributed by atoms with Crippen LogP contribution in [0.15, 0.2) is 36.6 Å². The molecule has 0 fully saturated rings. The van der Waals surface area contributed by atoms with Gasteiger partial charge in [0.2, 0.25) is 5.75 Å². The molecular formula is C10H11NO3. The minimum absolute atomic E-state index is 0.0201. The first kappa shape index (κ1) is 10.2. The van der Waals surface area contributed by atoms with E-state index < -0.39 is 4.92 Å². The van der Waals surface area contributed by atoms with Crippen LogP contribution >= 0.6 is 0 Å². The smallest absolute Gasteiger partial charge is 0.311 e. The average Bonchev–Trinajstić information content (AvgIpc) is 2.19.